The van der Waals surface area contributed by atoms with Crippen LogP contribution in [-0.2, 0) is 0 Å². The van der Waals surface area contributed by atoms with Crippen LogP contribution in [0.15, 0.2) is 27.4 Å². The van der Waals surface area contributed by atoms with Crippen molar-refractivity contribution in [2.45, 2.75) is 32.1 Å². The van der Waals surface area contributed by atoms with Gasteiger partial charge in [0.1, 0.15) is 0 Å². The highest BCUT2D eigenvalue weighted by molar-refractivity contribution is 6.21. The molecule has 92 valence electrons. The SMILES string of the molecule is CCC(CC)C(Cl)c1ccc2[nH]c(=O)oc2c1. The molecule has 0 radical (unpaired) electrons. The largest absolute Gasteiger partial charge is 0.417 e. The van der Waals surface area contributed by atoms with E-state index in [1.54, 1.807) is 0 Å². The maximum atomic E-state index is 11.1. The molecule has 1 atom stereocenters. The van der Waals surface area contributed by atoms with Gasteiger partial charge < -0.3 is 4.42 Å². The number of hydrogen-bond acceptors (Lipinski definition) is 2. The van der Waals surface area contributed by atoms with Crippen LogP contribution < -0.4 is 5.76 Å². The minimum Gasteiger partial charge on any atom is -0.408 e. The minimum atomic E-state index is -0.425. The predicted octanol–water partition coefficient (Wildman–Crippen LogP) is 3.84. The molecule has 0 saturated heterocycles. The first-order chi connectivity index (χ1) is 8.15. The second-order valence-electron chi connectivity index (χ2n) is 4.25. The summed E-state index contributed by atoms with van der Waals surface area (Å²) in [5, 5.41) is -0.0328. The molecule has 17 heavy (non-hydrogen) atoms. The standard InChI is InChI=1S/C13H16ClNO2/c1-3-8(4-2)12(14)9-5-6-10-11(7-9)17-13(16)15-10/h5-8,12H,3-4H2,1-2H3,(H,15,16). The lowest BCUT2D eigenvalue weighted by atomic mass is 9.94. The number of fused-ring (bicyclic) bond motifs is 1. The van der Waals surface area contributed by atoms with E-state index < -0.39 is 5.76 Å². The van der Waals surface area contributed by atoms with Gasteiger partial charge in [0.05, 0.1) is 10.9 Å². The van der Waals surface area contributed by atoms with Gasteiger partial charge in [0.15, 0.2) is 5.58 Å². The Hall–Kier alpha value is -1.22. The van der Waals surface area contributed by atoms with Crippen molar-refractivity contribution < 1.29 is 4.42 Å². The summed E-state index contributed by atoms with van der Waals surface area (Å²) in [6.07, 6.45) is 2.08. The summed E-state index contributed by atoms with van der Waals surface area (Å²) in [6, 6.07) is 5.64. The van der Waals surface area contributed by atoms with Crippen LogP contribution in [-0.4, -0.2) is 4.98 Å². The Morgan fingerprint density at radius 2 is 2.06 bits per heavy atom. The maximum Gasteiger partial charge on any atom is 0.417 e. The van der Waals surface area contributed by atoms with Gasteiger partial charge in [-0.2, -0.15) is 0 Å². The number of oxazole rings is 1. The first-order valence-corrected chi connectivity index (χ1v) is 6.36. The lowest BCUT2D eigenvalue weighted by Crippen LogP contribution is -2.05. The highest BCUT2D eigenvalue weighted by Gasteiger charge is 2.18. The molecule has 1 aromatic heterocycles. The van der Waals surface area contributed by atoms with Gasteiger partial charge in [-0.3, -0.25) is 4.98 Å². The number of H-pyrrole nitrogens is 1. The molecule has 0 bridgehead atoms. The fourth-order valence-electron chi connectivity index (χ4n) is 2.11. The average molecular weight is 254 g/mol. The molecule has 0 fully saturated rings. The van der Waals surface area contributed by atoms with E-state index in [-0.39, 0.29) is 5.38 Å². The molecule has 0 amide bonds. The number of halogens is 1. The van der Waals surface area contributed by atoms with Crippen LogP contribution in [0.2, 0.25) is 0 Å². The Kier molecular flexibility index (Phi) is 3.57. The summed E-state index contributed by atoms with van der Waals surface area (Å²) in [4.78, 5) is 13.7. The highest BCUT2D eigenvalue weighted by Crippen LogP contribution is 2.34. The highest BCUT2D eigenvalue weighted by atomic mass is 35.5. The summed E-state index contributed by atoms with van der Waals surface area (Å²) in [5.74, 6) is 0.0191. The molecule has 0 aliphatic heterocycles. The van der Waals surface area contributed by atoms with Crippen molar-refractivity contribution >= 4 is 22.7 Å². The molecule has 0 aliphatic rings. The van der Waals surface area contributed by atoms with Crippen molar-refractivity contribution in [1.82, 2.24) is 4.98 Å². The van der Waals surface area contributed by atoms with Crippen LogP contribution in [0.1, 0.15) is 37.6 Å². The molecule has 2 aromatic rings. The van der Waals surface area contributed by atoms with Crippen molar-refractivity contribution in [2.24, 2.45) is 5.92 Å². The zero-order valence-electron chi connectivity index (χ0n) is 10.00. The van der Waals surface area contributed by atoms with E-state index in [9.17, 15) is 4.79 Å². The topological polar surface area (TPSA) is 46.0 Å². The normalized spacial score (nSPS) is 13.4. The molecule has 4 heteroatoms. The fourth-order valence-corrected chi connectivity index (χ4v) is 2.60. The monoisotopic (exact) mass is 253 g/mol. The van der Waals surface area contributed by atoms with Gasteiger partial charge in [0, 0.05) is 0 Å². The van der Waals surface area contributed by atoms with Crippen molar-refractivity contribution in [3.63, 3.8) is 0 Å². The van der Waals surface area contributed by atoms with Gasteiger partial charge in [-0.15, -0.1) is 11.6 Å². The molecule has 3 nitrogen and oxygen atoms in total. The van der Waals surface area contributed by atoms with Crippen molar-refractivity contribution in [3.05, 3.63) is 34.3 Å². The van der Waals surface area contributed by atoms with Crippen molar-refractivity contribution in [3.8, 4) is 0 Å². The molecule has 1 heterocycles. The van der Waals surface area contributed by atoms with Gasteiger partial charge in [-0.1, -0.05) is 32.8 Å². The van der Waals surface area contributed by atoms with E-state index in [4.69, 9.17) is 16.0 Å². The second-order valence-corrected chi connectivity index (χ2v) is 4.72. The van der Waals surface area contributed by atoms with E-state index in [1.165, 1.54) is 0 Å². The molecule has 0 spiro atoms. The third-order valence-corrected chi connectivity index (χ3v) is 3.83. The van der Waals surface area contributed by atoms with Gasteiger partial charge in [0.2, 0.25) is 0 Å². The van der Waals surface area contributed by atoms with E-state index >= 15 is 0 Å². The van der Waals surface area contributed by atoms with E-state index in [1.807, 2.05) is 18.2 Å². The first-order valence-electron chi connectivity index (χ1n) is 5.92. The van der Waals surface area contributed by atoms with E-state index in [0.29, 0.717) is 17.0 Å². The predicted molar refractivity (Wildman–Crippen MR) is 69.5 cm³/mol. The second kappa shape index (κ2) is 4.96. The van der Waals surface area contributed by atoms with Gasteiger partial charge in [-0.25, -0.2) is 4.79 Å². The van der Waals surface area contributed by atoms with Gasteiger partial charge >= 0.3 is 5.76 Å². The Bertz CT molecular complexity index is 554. The Labute approximate surface area is 105 Å². The van der Waals surface area contributed by atoms with Gasteiger partial charge in [-0.05, 0) is 23.6 Å². The van der Waals surface area contributed by atoms with Crippen LogP contribution in [0.5, 0.6) is 0 Å². The molecular formula is C13H16ClNO2. The van der Waals surface area contributed by atoms with Crippen molar-refractivity contribution in [2.75, 3.05) is 0 Å². The van der Waals surface area contributed by atoms with Crippen LogP contribution in [0.4, 0.5) is 0 Å². The molecule has 1 N–H and O–H groups in total. The number of aromatic amines is 1. The molecule has 1 aromatic carbocycles. The van der Waals surface area contributed by atoms with Gasteiger partial charge in [0.25, 0.3) is 0 Å². The number of hydrogen-bond donors (Lipinski definition) is 1. The molecule has 0 aliphatic carbocycles. The quantitative estimate of drug-likeness (QED) is 0.842. The minimum absolute atomic E-state index is 0.0328. The molecule has 1 unspecified atom stereocenters. The Balaban J connectivity index is 2.38. The first kappa shape index (κ1) is 12.2. The molecule has 0 saturated carbocycles. The fraction of sp³-hybridized carbons (Fsp3) is 0.462. The zero-order valence-corrected chi connectivity index (χ0v) is 10.8. The van der Waals surface area contributed by atoms with E-state index in [0.717, 1.165) is 18.4 Å². The third kappa shape index (κ3) is 2.39. The summed E-state index contributed by atoms with van der Waals surface area (Å²) < 4.78 is 5.04. The number of rotatable bonds is 4. The zero-order chi connectivity index (χ0) is 12.4. The Morgan fingerprint density at radius 1 is 1.35 bits per heavy atom. The number of nitrogens with one attached hydrogen (secondary N) is 1. The lowest BCUT2D eigenvalue weighted by molar-refractivity contribution is 0.475. The van der Waals surface area contributed by atoms with E-state index in [2.05, 4.69) is 18.8 Å². The smallest absolute Gasteiger partial charge is 0.408 e. The molecular weight excluding hydrogens is 238 g/mol. The third-order valence-electron chi connectivity index (χ3n) is 3.23. The molecule has 2 rings (SSSR count). The Morgan fingerprint density at radius 3 is 2.71 bits per heavy atom. The number of benzene rings is 1. The van der Waals surface area contributed by atoms with Crippen LogP contribution in [0.25, 0.3) is 11.1 Å². The van der Waals surface area contributed by atoms with Crippen LogP contribution >= 0.6 is 11.6 Å². The summed E-state index contributed by atoms with van der Waals surface area (Å²) in [7, 11) is 0. The van der Waals surface area contributed by atoms with Crippen molar-refractivity contribution in [1.29, 1.82) is 0 Å². The number of aromatic nitrogens is 1. The van der Waals surface area contributed by atoms with Crippen LogP contribution in [0, 0.1) is 5.92 Å². The summed E-state index contributed by atoms with van der Waals surface area (Å²) in [6.45, 7) is 4.27. The number of alkyl halides is 1. The summed E-state index contributed by atoms with van der Waals surface area (Å²) in [5.41, 5.74) is 2.30. The lowest BCUT2D eigenvalue weighted by Gasteiger charge is -2.19. The summed E-state index contributed by atoms with van der Waals surface area (Å²) >= 11 is 6.45. The maximum absolute atomic E-state index is 11.1. The van der Waals surface area contributed by atoms with Crippen LogP contribution in [0.3, 0.4) is 0 Å². The average Bonchev–Trinajstić information content (AvgIpc) is 2.69.